The number of hydrogen-bond acceptors (Lipinski definition) is 2. The number of rotatable bonds is 2. The molecule has 2 aromatic rings. The van der Waals surface area contributed by atoms with Crippen molar-refractivity contribution in [2.24, 2.45) is 0 Å². The lowest BCUT2D eigenvalue weighted by Gasteiger charge is -2.17. The third kappa shape index (κ3) is 1.99. The van der Waals surface area contributed by atoms with Gasteiger partial charge in [0.25, 0.3) is 0 Å². The van der Waals surface area contributed by atoms with Gasteiger partial charge in [0, 0.05) is 0 Å². The Labute approximate surface area is 112 Å². The predicted molar refractivity (Wildman–Crippen MR) is 73.7 cm³/mol. The summed E-state index contributed by atoms with van der Waals surface area (Å²) in [6.07, 6.45) is 0.364. The first-order chi connectivity index (χ1) is 8.77. The predicted octanol–water partition coefficient (Wildman–Crippen LogP) is 2.42. The molecule has 4 atom stereocenters. The normalized spacial score (nSPS) is 31.7. The van der Waals surface area contributed by atoms with Crippen molar-refractivity contribution in [3.8, 4) is 0 Å². The van der Waals surface area contributed by atoms with E-state index >= 15 is 0 Å². The maximum absolute atomic E-state index is 6.29. The van der Waals surface area contributed by atoms with E-state index in [1.165, 1.54) is 15.3 Å². The first-order valence-corrected chi connectivity index (χ1v) is 7.22. The summed E-state index contributed by atoms with van der Waals surface area (Å²) in [5.74, 6) is 0. The molecule has 2 nitrogen and oxygen atoms in total. The Bertz CT molecular complexity index is 496. The molecule has 0 bridgehead atoms. The zero-order chi connectivity index (χ0) is 12.5. The van der Waals surface area contributed by atoms with Crippen LogP contribution >= 0.6 is 11.3 Å². The van der Waals surface area contributed by atoms with Crippen molar-refractivity contribution in [1.29, 1.82) is 0 Å². The van der Waals surface area contributed by atoms with Gasteiger partial charge in [-0.15, -0.1) is 11.3 Å². The Morgan fingerprint density at radius 1 is 1.11 bits per heavy atom. The number of likely N-dealkylation sites (N-methyl/N-ethyl adjacent to an activating group) is 1. The highest BCUT2D eigenvalue weighted by Crippen LogP contribution is 2.32. The summed E-state index contributed by atoms with van der Waals surface area (Å²) in [5.41, 5.74) is 1.28. The van der Waals surface area contributed by atoms with Crippen LogP contribution < -0.4 is 4.90 Å². The average molecular weight is 260 g/mol. The molecule has 0 amide bonds. The molecule has 1 aromatic heterocycles. The summed E-state index contributed by atoms with van der Waals surface area (Å²) < 4.78 is 6.29. The van der Waals surface area contributed by atoms with Crippen LogP contribution in [-0.4, -0.2) is 13.1 Å². The Hall–Kier alpha value is -1.16. The van der Waals surface area contributed by atoms with Crippen molar-refractivity contribution in [3.05, 3.63) is 58.3 Å². The molecule has 1 aliphatic heterocycles. The van der Waals surface area contributed by atoms with E-state index in [-0.39, 0.29) is 12.3 Å². The molecule has 1 saturated heterocycles. The monoisotopic (exact) mass is 260 g/mol. The molecule has 0 spiro atoms. The summed E-state index contributed by atoms with van der Waals surface area (Å²) in [6, 6.07) is 15.3. The second kappa shape index (κ2) is 4.84. The van der Waals surface area contributed by atoms with Crippen LogP contribution in [0.25, 0.3) is 0 Å². The highest BCUT2D eigenvalue weighted by Gasteiger charge is 2.43. The Morgan fingerprint density at radius 2 is 1.89 bits per heavy atom. The Morgan fingerprint density at radius 3 is 2.56 bits per heavy atom. The molecule has 1 aromatic carbocycles. The molecular weight excluding hydrogens is 242 g/mol. The molecule has 1 fully saturated rings. The second-order valence-corrected chi connectivity index (χ2v) is 5.87. The number of hydrogen-bond donors (Lipinski definition) is 1. The highest BCUT2D eigenvalue weighted by molar-refractivity contribution is 7.09. The zero-order valence-electron chi connectivity index (χ0n) is 10.7. The van der Waals surface area contributed by atoms with E-state index in [1.54, 1.807) is 11.3 Å². The highest BCUT2D eigenvalue weighted by atomic mass is 32.1. The van der Waals surface area contributed by atoms with Gasteiger partial charge in [0.1, 0.15) is 12.1 Å². The van der Waals surface area contributed by atoms with Crippen LogP contribution in [0.5, 0.6) is 0 Å². The molecule has 18 heavy (non-hydrogen) atoms. The van der Waals surface area contributed by atoms with Gasteiger partial charge in [-0.3, -0.25) is 0 Å². The molecule has 0 saturated carbocycles. The van der Waals surface area contributed by atoms with Crippen molar-refractivity contribution in [2.75, 3.05) is 7.05 Å². The standard InChI is InChI=1S/C15H17NOS/c1-11-14(12-7-4-3-5-8-12)17-15(16(11)2)13-9-6-10-18-13/h3-11,14-15H,1-2H3/p+1/t11-,14-,15+/m1/s1. The number of quaternary nitrogens is 1. The topological polar surface area (TPSA) is 13.7 Å². The van der Waals surface area contributed by atoms with E-state index in [1.807, 2.05) is 0 Å². The summed E-state index contributed by atoms with van der Waals surface area (Å²) in [6.45, 7) is 2.26. The number of nitrogens with one attached hydrogen (secondary N) is 1. The first kappa shape index (κ1) is 11.9. The quantitative estimate of drug-likeness (QED) is 0.875. The third-order valence-corrected chi connectivity index (χ3v) is 4.71. The summed E-state index contributed by atoms with van der Waals surface area (Å²) >= 11 is 1.78. The average Bonchev–Trinajstić information content (AvgIpc) is 3.01. The van der Waals surface area contributed by atoms with E-state index in [0.717, 1.165) is 0 Å². The molecule has 1 aliphatic rings. The van der Waals surface area contributed by atoms with Crippen LogP contribution in [-0.2, 0) is 4.74 Å². The van der Waals surface area contributed by atoms with Gasteiger partial charge in [-0.1, -0.05) is 36.4 Å². The lowest BCUT2D eigenvalue weighted by molar-refractivity contribution is -0.932. The van der Waals surface area contributed by atoms with E-state index in [2.05, 4.69) is 61.8 Å². The summed E-state index contributed by atoms with van der Waals surface area (Å²) in [5, 5.41) is 2.12. The molecule has 1 unspecified atom stereocenters. The Balaban J connectivity index is 1.87. The minimum atomic E-state index is 0.171. The largest absolute Gasteiger partial charge is 0.310 e. The third-order valence-electron chi connectivity index (χ3n) is 3.80. The van der Waals surface area contributed by atoms with Crippen LogP contribution in [0.3, 0.4) is 0 Å². The van der Waals surface area contributed by atoms with Crippen LogP contribution in [0, 0.1) is 0 Å². The van der Waals surface area contributed by atoms with Crippen LogP contribution in [0.1, 0.15) is 29.7 Å². The van der Waals surface area contributed by atoms with Gasteiger partial charge < -0.3 is 9.64 Å². The van der Waals surface area contributed by atoms with Crippen molar-refractivity contribution >= 4 is 11.3 Å². The summed E-state index contributed by atoms with van der Waals surface area (Å²) in [7, 11) is 2.22. The van der Waals surface area contributed by atoms with E-state index in [0.29, 0.717) is 6.04 Å². The zero-order valence-corrected chi connectivity index (χ0v) is 11.5. The number of ether oxygens (including phenoxy) is 1. The minimum absolute atomic E-state index is 0.171. The summed E-state index contributed by atoms with van der Waals surface area (Å²) in [4.78, 5) is 2.75. The fraction of sp³-hybridized carbons (Fsp3) is 0.333. The number of benzene rings is 1. The first-order valence-electron chi connectivity index (χ1n) is 6.34. The Kier molecular flexibility index (Phi) is 3.20. The lowest BCUT2D eigenvalue weighted by atomic mass is 10.0. The molecule has 3 rings (SSSR count). The van der Waals surface area contributed by atoms with Gasteiger partial charge in [-0.25, -0.2) is 0 Å². The van der Waals surface area contributed by atoms with Crippen molar-refractivity contribution in [3.63, 3.8) is 0 Å². The maximum atomic E-state index is 6.29. The lowest BCUT2D eigenvalue weighted by Crippen LogP contribution is -3.10. The molecule has 1 N–H and O–H groups in total. The molecule has 94 valence electrons. The van der Waals surface area contributed by atoms with E-state index in [4.69, 9.17) is 4.74 Å². The molecule has 0 radical (unpaired) electrons. The van der Waals surface area contributed by atoms with E-state index < -0.39 is 0 Å². The van der Waals surface area contributed by atoms with Crippen LogP contribution in [0.4, 0.5) is 0 Å². The number of thiophene rings is 1. The van der Waals surface area contributed by atoms with Gasteiger partial charge in [-0.2, -0.15) is 0 Å². The molecule has 0 aliphatic carbocycles. The van der Waals surface area contributed by atoms with Gasteiger partial charge >= 0.3 is 0 Å². The van der Waals surface area contributed by atoms with Crippen LogP contribution in [0.2, 0.25) is 0 Å². The minimum Gasteiger partial charge on any atom is -0.310 e. The van der Waals surface area contributed by atoms with Gasteiger partial charge in [0.05, 0.1) is 11.9 Å². The maximum Gasteiger partial charge on any atom is 0.228 e. The van der Waals surface area contributed by atoms with Gasteiger partial charge in [0.15, 0.2) is 0 Å². The van der Waals surface area contributed by atoms with Gasteiger partial charge in [-0.05, 0) is 23.9 Å². The molecule has 2 heterocycles. The van der Waals surface area contributed by atoms with Gasteiger partial charge in [0.2, 0.25) is 6.23 Å². The van der Waals surface area contributed by atoms with Crippen molar-refractivity contribution < 1.29 is 9.64 Å². The van der Waals surface area contributed by atoms with Crippen LogP contribution in [0.15, 0.2) is 47.8 Å². The molecular formula is C15H18NOS+. The fourth-order valence-corrected chi connectivity index (χ4v) is 3.43. The smallest absolute Gasteiger partial charge is 0.228 e. The van der Waals surface area contributed by atoms with Crippen molar-refractivity contribution in [1.82, 2.24) is 0 Å². The van der Waals surface area contributed by atoms with E-state index in [9.17, 15) is 0 Å². The molecule has 3 heteroatoms. The SMILES string of the molecule is C[C@@H]1[C@H](c2ccccc2)O[C@@H](c2cccs2)[NH+]1C. The second-order valence-electron chi connectivity index (χ2n) is 4.90. The van der Waals surface area contributed by atoms with Crippen molar-refractivity contribution in [2.45, 2.75) is 25.3 Å². The fourth-order valence-electron chi connectivity index (χ4n) is 2.59.